The van der Waals surface area contributed by atoms with Gasteiger partial charge in [0.25, 0.3) is 17.7 Å². The van der Waals surface area contributed by atoms with Crippen molar-refractivity contribution in [1.29, 1.82) is 0 Å². The summed E-state index contributed by atoms with van der Waals surface area (Å²) in [7, 11) is 3.78. The number of benzene rings is 2. The van der Waals surface area contributed by atoms with Gasteiger partial charge in [-0.2, -0.15) is 0 Å². The normalized spacial score (nSPS) is 10.8. The molecule has 0 radical (unpaired) electrons. The zero-order chi connectivity index (χ0) is 24.8. The minimum atomic E-state index is -0.558. The third kappa shape index (κ3) is 6.40. The second kappa shape index (κ2) is 10.9. The molecule has 0 aliphatic rings. The van der Waals surface area contributed by atoms with Crippen LogP contribution in [0, 0.1) is 12.7 Å². The quantitative estimate of drug-likeness (QED) is 0.389. The Labute approximate surface area is 200 Å². The highest BCUT2D eigenvalue weighted by Gasteiger charge is 2.22. The highest BCUT2D eigenvalue weighted by molar-refractivity contribution is 6.34. The van der Waals surface area contributed by atoms with E-state index in [-0.39, 0.29) is 22.0 Å². The van der Waals surface area contributed by atoms with Crippen LogP contribution in [-0.4, -0.2) is 59.8 Å². The molecule has 34 heavy (non-hydrogen) atoms. The molecule has 0 aliphatic heterocycles. The lowest BCUT2D eigenvalue weighted by Crippen LogP contribution is -2.32. The number of halogens is 2. The summed E-state index contributed by atoms with van der Waals surface area (Å²) in [4.78, 5) is 46.5. The van der Waals surface area contributed by atoms with Crippen molar-refractivity contribution in [3.63, 3.8) is 0 Å². The van der Waals surface area contributed by atoms with Crippen LogP contribution in [0.2, 0.25) is 5.02 Å². The van der Waals surface area contributed by atoms with Crippen LogP contribution >= 0.6 is 11.6 Å². The Hall–Kier alpha value is -3.76. The number of nitrogens with one attached hydrogen (secondary N) is 4. The van der Waals surface area contributed by atoms with Crippen LogP contribution in [0.3, 0.4) is 0 Å². The van der Waals surface area contributed by atoms with Gasteiger partial charge in [-0.1, -0.05) is 11.6 Å². The second-order valence-corrected chi connectivity index (χ2v) is 8.12. The fraction of sp³-hybridized carbons (Fsp3) is 0.217. The average Bonchev–Trinajstić information content (AvgIpc) is 3.16. The van der Waals surface area contributed by atoms with Gasteiger partial charge in [0.05, 0.1) is 10.6 Å². The first-order valence-electron chi connectivity index (χ1n) is 10.3. The Morgan fingerprint density at radius 3 is 2.21 bits per heavy atom. The van der Waals surface area contributed by atoms with Crippen molar-refractivity contribution in [2.75, 3.05) is 37.8 Å². The van der Waals surface area contributed by atoms with Gasteiger partial charge in [-0.3, -0.25) is 14.4 Å². The van der Waals surface area contributed by atoms with Crippen molar-refractivity contribution < 1.29 is 18.8 Å². The number of rotatable bonds is 8. The number of H-pyrrole nitrogens is 1. The van der Waals surface area contributed by atoms with Crippen LogP contribution in [0.4, 0.5) is 15.8 Å². The predicted octanol–water partition coefficient (Wildman–Crippen LogP) is 3.31. The molecule has 2 aromatic carbocycles. The zero-order valence-electron chi connectivity index (χ0n) is 18.8. The van der Waals surface area contributed by atoms with Crippen LogP contribution in [0.15, 0.2) is 42.5 Å². The highest BCUT2D eigenvalue weighted by Crippen LogP contribution is 2.20. The summed E-state index contributed by atoms with van der Waals surface area (Å²) in [5, 5.41) is 8.08. The summed E-state index contributed by atoms with van der Waals surface area (Å²) >= 11 is 5.92. The van der Waals surface area contributed by atoms with Crippen LogP contribution in [-0.2, 0) is 0 Å². The Balaban J connectivity index is 1.65. The summed E-state index contributed by atoms with van der Waals surface area (Å²) in [6, 6.07) is 9.81. The number of nitrogens with zero attached hydrogens (tertiary/aromatic N) is 2. The van der Waals surface area contributed by atoms with E-state index in [1.807, 2.05) is 19.0 Å². The maximum absolute atomic E-state index is 13.2. The molecule has 1 heterocycles. The van der Waals surface area contributed by atoms with Crippen LogP contribution in [0.5, 0.6) is 0 Å². The first-order valence-corrected chi connectivity index (χ1v) is 10.7. The summed E-state index contributed by atoms with van der Waals surface area (Å²) in [5.41, 5.74) is 1.06. The van der Waals surface area contributed by atoms with E-state index in [1.165, 1.54) is 6.07 Å². The largest absolute Gasteiger partial charge is 0.349 e. The molecular formula is C23H24ClFN6O3. The number of imidazole rings is 1. The molecule has 0 spiro atoms. The number of hydrogen-bond acceptors (Lipinski definition) is 5. The molecule has 9 nitrogen and oxygen atoms in total. The van der Waals surface area contributed by atoms with Gasteiger partial charge in [-0.05, 0) is 63.5 Å². The van der Waals surface area contributed by atoms with Gasteiger partial charge in [-0.15, -0.1) is 0 Å². The summed E-state index contributed by atoms with van der Waals surface area (Å²) in [6.07, 6.45) is 0. The maximum Gasteiger partial charge on any atom is 0.276 e. The molecular weight excluding hydrogens is 463 g/mol. The lowest BCUT2D eigenvalue weighted by molar-refractivity contribution is 0.0933. The minimum Gasteiger partial charge on any atom is -0.349 e. The number of hydrogen-bond donors (Lipinski definition) is 4. The molecule has 0 fully saturated rings. The molecule has 11 heteroatoms. The highest BCUT2D eigenvalue weighted by atomic mass is 35.5. The van der Waals surface area contributed by atoms with E-state index in [1.54, 1.807) is 31.2 Å². The third-order valence-corrected chi connectivity index (χ3v) is 5.00. The number of amides is 3. The Morgan fingerprint density at radius 2 is 1.62 bits per heavy atom. The van der Waals surface area contributed by atoms with E-state index in [9.17, 15) is 18.8 Å². The van der Waals surface area contributed by atoms with Crippen molar-refractivity contribution in [1.82, 2.24) is 20.2 Å². The van der Waals surface area contributed by atoms with Gasteiger partial charge < -0.3 is 25.8 Å². The molecule has 1 aromatic heterocycles. The monoisotopic (exact) mass is 486 g/mol. The Morgan fingerprint density at radius 1 is 1.00 bits per heavy atom. The summed E-state index contributed by atoms with van der Waals surface area (Å²) in [6.45, 7) is 2.72. The number of aromatic nitrogens is 2. The van der Waals surface area contributed by atoms with Crippen LogP contribution < -0.4 is 16.0 Å². The fourth-order valence-corrected chi connectivity index (χ4v) is 3.25. The third-order valence-electron chi connectivity index (χ3n) is 4.69. The molecule has 0 atom stereocenters. The number of aryl methyl sites for hydroxylation is 1. The van der Waals surface area contributed by atoms with Gasteiger partial charge in [-0.25, -0.2) is 9.37 Å². The average molecular weight is 487 g/mol. The van der Waals surface area contributed by atoms with Crippen molar-refractivity contribution in [2.24, 2.45) is 0 Å². The zero-order valence-corrected chi connectivity index (χ0v) is 19.6. The molecule has 0 saturated carbocycles. The number of aromatic amines is 1. The molecule has 0 saturated heterocycles. The van der Waals surface area contributed by atoms with E-state index >= 15 is 0 Å². The number of anilines is 2. The topological polar surface area (TPSA) is 119 Å². The molecule has 0 aliphatic carbocycles. The lowest BCUT2D eigenvalue weighted by Gasteiger charge is -2.11. The SMILES string of the molecule is Cc1nc(C(=O)Nc2ccc(NC(=O)c3ccc(F)cc3Cl)cc2)c(C(=O)NCCN(C)C)[nH]1. The lowest BCUT2D eigenvalue weighted by atomic mass is 10.2. The van der Waals surface area contributed by atoms with E-state index in [2.05, 4.69) is 25.9 Å². The van der Waals surface area contributed by atoms with Crippen LogP contribution in [0.25, 0.3) is 0 Å². The van der Waals surface area contributed by atoms with Crippen molar-refractivity contribution in [3.8, 4) is 0 Å². The molecule has 3 rings (SSSR count). The van der Waals surface area contributed by atoms with Gasteiger partial charge in [0.1, 0.15) is 17.3 Å². The van der Waals surface area contributed by atoms with E-state index in [0.29, 0.717) is 30.3 Å². The molecule has 178 valence electrons. The van der Waals surface area contributed by atoms with Gasteiger partial charge in [0.15, 0.2) is 5.69 Å². The molecule has 3 amide bonds. The van der Waals surface area contributed by atoms with E-state index < -0.39 is 23.5 Å². The van der Waals surface area contributed by atoms with Gasteiger partial charge in [0.2, 0.25) is 0 Å². The predicted molar refractivity (Wildman–Crippen MR) is 128 cm³/mol. The van der Waals surface area contributed by atoms with Crippen molar-refractivity contribution in [3.05, 3.63) is 76.1 Å². The van der Waals surface area contributed by atoms with E-state index in [0.717, 1.165) is 12.1 Å². The summed E-state index contributed by atoms with van der Waals surface area (Å²) < 4.78 is 13.2. The smallest absolute Gasteiger partial charge is 0.276 e. The molecule has 3 aromatic rings. The molecule has 0 bridgehead atoms. The first-order chi connectivity index (χ1) is 16.1. The minimum absolute atomic E-state index is 0.00256. The van der Waals surface area contributed by atoms with Gasteiger partial charge >= 0.3 is 0 Å². The molecule has 4 N–H and O–H groups in total. The van der Waals surface area contributed by atoms with Crippen LogP contribution in [0.1, 0.15) is 37.2 Å². The number of carbonyl (C=O) groups is 3. The second-order valence-electron chi connectivity index (χ2n) is 7.71. The standard InChI is InChI=1S/C23H24ClFN6O3/c1-13-27-19(22(33)26-10-11-31(2)3)20(28-13)23(34)30-16-7-5-15(6-8-16)29-21(32)17-9-4-14(25)12-18(17)24/h4-9,12H,10-11H2,1-3H3,(H,26,33)(H,27,28)(H,29,32)(H,30,34). The Kier molecular flexibility index (Phi) is 7.98. The molecule has 0 unspecified atom stereocenters. The van der Waals surface area contributed by atoms with Crippen molar-refractivity contribution in [2.45, 2.75) is 6.92 Å². The summed E-state index contributed by atoms with van der Waals surface area (Å²) in [5.74, 6) is -1.59. The number of likely N-dealkylation sites (N-methyl/N-ethyl adjacent to an activating group) is 1. The van der Waals surface area contributed by atoms with Gasteiger partial charge in [0, 0.05) is 24.5 Å². The number of carbonyl (C=O) groups excluding carboxylic acids is 3. The van der Waals surface area contributed by atoms with Crippen molar-refractivity contribution >= 4 is 40.7 Å². The fourth-order valence-electron chi connectivity index (χ4n) is 3.00. The van der Waals surface area contributed by atoms with E-state index in [4.69, 9.17) is 11.6 Å². The first kappa shape index (κ1) is 24.9. The maximum atomic E-state index is 13.2. The Bertz CT molecular complexity index is 1210.